The van der Waals surface area contributed by atoms with Gasteiger partial charge in [-0.05, 0) is 25.0 Å². The molecule has 0 bridgehead atoms. The smallest absolute Gasteiger partial charge is 0.0239 e. The maximum atomic E-state index is 3.41. The highest BCUT2D eigenvalue weighted by molar-refractivity contribution is 9.09. The zero-order chi connectivity index (χ0) is 8.81. The Balaban J connectivity index is 2.54. The number of alkyl halides is 1. The van der Waals surface area contributed by atoms with E-state index in [2.05, 4.69) is 41.1 Å². The first-order valence-electron chi connectivity index (χ1n) is 4.00. The third-order valence-corrected chi connectivity index (χ3v) is 2.54. The second-order valence-electron chi connectivity index (χ2n) is 2.78. The summed E-state index contributed by atoms with van der Waals surface area (Å²) in [4.78, 5) is 0. The first-order valence-corrected chi connectivity index (χ1v) is 5.12. The number of hydrogen-bond donors (Lipinski definition) is 0. The second kappa shape index (κ2) is 5.15. The molecular formula is C11H12Br. The molecule has 1 aromatic rings. The van der Waals surface area contributed by atoms with Crippen LogP contribution in [0.15, 0.2) is 35.9 Å². The molecule has 1 aromatic carbocycles. The van der Waals surface area contributed by atoms with Crippen LogP contribution in [0.4, 0.5) is 0 Å². The van der Waals surface area contributed by atoms with Gasteiger partial charge in [-0.25, -0.2) is 0 Å². The van der Waals surface area contributed by atoms with Gasteiger partial charge in [0.1, 0.15) is 0 Å². The number of rotatable bonds is 3. The van der Waals surface area contributed by atoms with Crippen molar-refractivity contribution in [2.24, 2.45) is 0 Å². The van der Waals surface area contributed by atoms with Gasteiger partial charge in [0.25, 0.3) is 0 Å². The molecule has 12 heavy (non-hydrogen) atoms. The van der Waals surface area contributed by atoms with Crippen molar-refractivity contribution in [3.8, 4) is 0 Å². The highest BCUT2D eigenvalue weighted by Crippen LogP contribution is 2.03. The number of allylic oxidation sites excluding steroid dienone is 2. The molecule has 0 heterocycles. The molecule has 1 radical (unpaired) electrons. The van der Waals surface area contributed by atoms with E-state index in [1.807, 2.05) is 18.2 Å². The van der Waals surface area contributed by atoms with Crippen LogP contribution in [0.3, 0.4) is 0 Å². The summed E-state index contributed by atoms with van der Waals surface area (Å²) >= 11 is 3.41. The summed E-state index contributed by atoms with van der Waals surface area (Å²) in [6.45, 7) is 2.12. The van der Waals surface area contributed by atoms with Gasteiger partial charge in [0.15, 0.2) is 0 Å². The van der Waals surface area contributed by atoms with Gasteiger partial charge in [-0.15, -0.1) is 0 Å². The zero-order valence-electron chi connectivity index (χ0n) is 7.18. The molecule has 0 aliphatic rings. The van der Waals surface area contributed by atoms with E-state index in [0.29, 0.717) is 0 Å². The molecule has 1 rings (SSSR count). The fraction of sp³-hybridized carbons (Fsp3) is 0.273. The SMILES string of the molecule is CC(=CCc1[c]cccc1)CBr. The van der Waals surface area contributed by atoms with Crippen molar-refractivity contribution >= 4 is 15.9 Å². The van der Waals surface area contributed by atoms with Gasteiger partial charge in [0.05, 0.1) is 0 Å². The van der Waals surface area contributed by atoms with Crippen molar-refractivity contribution in [2.45, 2.75) is 13.3 Å². The summed E-state index contributed by atoms with van der Waals surface area (Å²) in [6, 6.07) is 11.3. The molecule has 0 fully saturated rings. The van der Waals surface area contributed by atoms with Gasteiger partial charge >= 0.3 is 0 Å². The Kier molecular flexibility index (Phi) is 4.09. The Morgan fingerprint density at radius 2 is 2.42 bits per heavy atom. The van der Waals surface area contributed by atoms with E-state index in [-0.39, 0.29) is 0 Å². The third kappa shape index (κ3) is 3.22. The first kappa shape index (κ1) is 9.53. The van der Waals surface area contributed by atoms with Gasteiger partial charge in [-0.2, -0.15) is 0 Å². The summed E-state index contributed by atoms with van der Waals surface area (Å²) in [5.74, 6) is 0. The molecule has 0 unspecified atom stereocenters. The predicted molar refractivity (Wildman–Crippen MR) is 56.5 cm³/mol. The van der Waals surface area contributed by atoms with Gasteiger partial charge in [0, 0.05) is 5.33 Å². The van der Waals surface area contributed by atoms with E-state index < -0.39 is 0 Å². The highest BCUT2D eigenvalue weighted by Gasteiger charge is 1.88. The largest absolute Gasteiger partial charge is 0.0880 e. The van der Waals surface area contributed by atoms with Crippen molar-refractivity contribution < 1.29 is 0 Å². The molecule has 0 aliphatic carbocycles. The average molecular weight is 224 g/mol. The number of benzene rings is 1. The molecule has 0 saturated carbocycles. The van der Waals surface area contributed by atoms with Gasteiger partial charge < -0.3 is 0 Å². The van der Waals surface area contributed by atoms with Crippen molar-refractivity contribution in [3.63, 3.8) is 0 Å². The lowest BCUT2D eigenvalue weighted by molar-refractivity contribution is 1.22. The maximum absolute atomic E-state index is 3.41. The lowest BCUT2D eigenvalue weighted by Gasteiger charge is -1.95. The third-order valence-electron chi connectivity index (χ3n) is 1.65. The second-order valence-corrected chi connectivity index (χ2v) is 3.34. The molecule has 0 saturated heterocycles. The van der Waals surface area contributed by atoms with E-state index in [1.54, 1.807) is 0 Å². The summed E-state index contributed by atoms with van der Waals surface area (Å²) in [5, 5.41) is 0.958. The fourth-order valence-electron chi connectivity index (χ4n) is 0.896. The van der Waals surface area contributed by atoms with E-state index >= 15 is 0 Å². The lowest BCUT2D eigenvalue weighted by Crippen LogP contribution is -1.83. The molecule has 0 atom stereocenters. The highest BCUT2D eigenvalue weighted by atomic mass is 79.9. The average Bonchev–Trinajstić information content (AvgIpc) is 2.16. The topological polar surface area (TPSA) is 0 Å². The van der Waals surface area contributed by atoms with E-state index in [9.17, 15) is 0 Å². The van der Waals surface area contributed by atoms with Crippen molar-refractivity contribution in [2.75, 3.05) is 5.33 Å². The molecule has 0 aromatic heterocycles. The minimum Gasteiger partial charge on any atom is -0.0880 e. The molecule has 0 amide bonds. The van der Waals surface area contributed by atoms with Crippen LogP contribution in [0.1, 0.15) is 12.5 Å². The molecule has 1 heteroatoms. The normalized spacial score (nSPS) is 11.7. The van der Waals surface area contributed by atoms with E-state index in [0.717, 1.165) is 11.8 Å². The van der Waals surface area contributed by atoms with Crippen LogP contribution in [0, 0.1) is 6.07 Å². The van der Waals surface area contributed by atoms with Crippen LogP contribution in [0.5, 0.6) is 0 Å². The minimum atomic E-state index is 0.958. The van der Waals surface area contributed by atoms with E-state index in [1.165, 1.54) is 11.1 Å². The Morgan fingerprint density at radius 3 is 3.00 bits per heavy atom. The minimum absolute atomic E-state index is 0.958. The van der Waals surface area contributed by atoms with Crippen LogP contribution in [0.2, 0.25) is 0 Å². The molecule has 63 valence electrons. The summed E-state index contributed by atoms with van der Waals surface area (Å²) < 4.78 is 0. The maximum Gasteiger partial charge on any atom is 0.0239 e. The molecule has 0 N–H and O–H groups in total. The number of hydrogen-bond acceptors (Lipinski definition) is 0. The molecule has 0 nitrogen and oxygen atoms in total. The summed E-state index contributed by atoms with van der Waals surface area (Å²) in [7, 11) is 0. The van der Waals surface area contributed by atoms with Crippen molar-refractivity contribution in [1.82, 2.24) is 0 Å². The van der Waals surface area contributed by atoms with Gasteiger partial charge in [0.2, 0.25) is 0 Å². The molecular weight excluding hydrogens is 212 g/mol. The Labute approximate surface area is 82.4 Å². The Morgan fingerprint density at radius 1 is 1.58 bits per heavy atom. The van der Waals surface area contributed by atoms with Crippen LogP contribution in [0.25, 0.3) is 0 Å². The van der Waals surface area contributed by atoms with Crippen LogP contribution < -0.4 is 0 Å². The van der Waals surface area contributed by atoms with Gasteiger partial charge in [-0.1, -0.05) is 51.8 Å². The van der Waals surface area contributed by atoms with Crippen LogP contribution >= 0.6 is 15.9 Å². The Bertz CT molecular complexity index is 249. The standard InChI is InChI=1S/C11H12Br/c1-10(9-12)7-8-11-5-3-2-4-6-11/h2-5,7H,8-9H2,1H3. The predicted octanol–water partition coefficient (Wildman–Crippen LogP) is 3.37. The molecule has 0 aliphatic heterocycles. The molecule has 0 spiro atoms. The van der Waals surface area contributed by atoms with Crippen molar-refractivity contribution in [1.29, 1.82) is 0 Å². The Hall–Kier alpha value is -0.560. The van der Waals surface area contributed by atoms with Crippen LogP contribution in [-0.2, 0) is 6.42 Å². The lowest BCUT2D eigenvalue weighted by atomic mass is 10.1. The van der Waals surface area contributed by atoms with Gasteiger partial charge in [-0.3, -0.25) is 0 Å². The van der Waals surface area contributed by atoms with Crippen molar-refractivity contribution in [3.05, 3.63) is 47.5 Å². The number of halogens is 1. The fourth-order valence-corrected chi connectivity index (χ4v) is 1.13. The van der Waals surface area contributed by atoms with E-state index in [4.69, 9.17) is 0 Å². The quantitative estimate of drug-likeness (QED) is 0.545. The summed E-state index contributed by atoms with van der Waals surface area (Å²) in [6.07, 6.45) is 3.21. The zero-order valence-corrected chi connectivity index (χ0v) is 8.76. The summed E-state index contributed by atoms with van der Waals surface area (Å²) in [5.41, 5.74) is 2.62. The van der Waals surface area contributed by atoms with Crippen LogP contribution in [-0.4, -0.2) is 5.33 Å². The first-order chi connectivity index (χ1) is 5.83. The monoisotopic (exact) mass is 223 g/mol.